The molecule has 0 aliphatic carbocycles. The zero-order valence-corrected chi connectivity index (χ0v) is 36.8. The fourth-order valence-electron chi connectivity index (χ4n) is 9.71. The maximum atomic E-state index is 2.44. The molecule has 11 aromatic carbocycles. The van der Waals surface area contributed by atoms with Gasteiger partial charge < -0.3 is 14.4 Å². The predicted molar refractivity (Wildman–Crippen MR) is 284 cm³/mol. The van der Waals surface area contributed by atoms with E-state index in [1.54, 1.807) is 0 Å². The molecule has 3 heteroatoms. The van der Waals surface area contributed by atoms with Gasteiger partial charge in [-0.3, -0.25) is 0 Å². The van der Waals surface area contributed by atoms with Crippen LogP contribution in [-0.4, -0.2) is 4.57 Å². The first kappa shape index (κ1) is 39.7. The van der Waals surface area contributed by atoms with Crippen LogP contribution in [0.2, 0.25) is 0 Å². The number of anilines is 6. The van der Waals surface area contributed by atoms with Crippen LogP contribution in [0.25, 0.3) is 71.6 Å². The summed E-state index contributed by atoms with van der Waals surface area (Å²) >= 11 is 0. The average Bonchev–Trinajstić information content (AvgIpc) is 3.74. The summed E-state index contributed by atoms with van der Waals surface area (Å²) in [7, 11) is 0. The van der Waals surface area contributed by atoms with E-state index in [0.29, 0.717) is 0 Å². The fraction of sp³-hybridized carbons (Fsp3) is 0. The third-order valence-corrected chi connectivity index (χ3v) is 13.0. The van der Waals surface area contributed by atoms with Crippen molar-refractivity contribution in [2.24, 2.45) is 0 Å². The van der Waals surface area contributed by atoms with Gasteiger partial charge in [-0.2, -0.15) is 0 Å². The topological polar surface area (TPSA) is 11.4 Å². The number of rotatable bonds is 10. The van der Waals surface area contributed by atoms with E-state index in [1.165, 1.54) is 54.9 Å². The van der Waals surface area contributed by atoms with Gasteiger partial charge in [0.1, 0.15) is 0 Å². The van der Waals surface area contributed by atoms with Crippen LogP contribution >= 0.6 is 0 Å². The summed E-state index contributed by atoms with van der Waals surface area (Å²) in [5.74, 6) is 0. The van der Waals surface area contributed by atoms with E-state index in [1.807, 2.05) is 0 Å². The molecule has 0 atom stereocenters. The summed E-state index contributed by atoms with van der Waals surface area (Å²) in [6.07, 6.45) is 0. The standard InChI is InChI=1S/C64H45N3/c1-5-17-50(18-6-1)61-43-51-19-13-14-20-52(51)44-63(61)66(58-41-42-60-59-27-15-16-28-62(59)67(64(60)45-58)55-25-11-4-12-26-55)57-39-35-49(36-40-57)47-31-29-46(30-32-47)48-33-37-56(38-34-48)65(53-21-7-2-8-22-53)54-23-9-3-10-24-54/h1-45H. The Morgan fingerprint density at radius 2 is 0.672 bits per heavy atom. The molecule has 1 heterocycles. The summed E-state index contributed by atoms with van der Waals surface area (Å²) < 4.78 is 2.40. The summed E-state index contributed by atoms with van der Waals surface area (Å²) in [6, 6.07) is 98.5. The van der Waals surface area contributed by atoms with E-state index in [2.05, 4.69) is 287 Å². The van der Waals surface area contributed by atoms with Gasteiger partial charge in [0.25, 0.3) is 0 Å². The van der Waals surface area contributed by atoms with Crippen LogP contribution in [0.3, 0.4) is 0 Å². The minimum atomic E-state index is 1.08. The lowest BCUT2D eigenvalue weighted by atomic mass is 9.97. The number of benzene rings is 11. The van der Waals surface area contributed by atoms with E-state index in [9.17, 15) is 0 Å². The van der Waals surface area contributed by atoms with Crippen LogP contribution in [0.1, 0.15) is 0 Å². The van der Waals surface area contributed by atoms with E-state index in [0.717, 1.165) is 50.9 Å². The molecule has 0 fully saturated rings. The van der Waals surface area contributed by atoms with Crippen molar-refractivity contribution in [1.29, 1.82) is 0 Å². The number of fused-ring (bicyclic) bond motifs is 4. The number of aromatic nitrogens is 1. The molecule has 0 saturated carbocycles. The molecule has 0 bridgehead atoms. The van der Waals surface area contributed by atoms with Crippen LogP contribution in [0.5, 0.6) is 0 Å². The maximum Gasteiger partial charge on any atom is 0.0561 e. The van der Waals surface area contributed by atoms with Gasteiger partial charge in [0.05, 0.1) is 16.7 Å². The average molecular weight is 856 g/mol. The Morgan fingerprint density at radius 1 is 0.254 bits per heavy atom. The monoisotopic (exact) mass is 855 g/mol. The summed E-state index contributed by atoms with van der Waals surface area (Å²) in [5, 5.41) is 4.86. The van der Waals surface area contributed by atoms with Crippen molar-refractivity contribution >= 4 is 66.7 Å². The molecule has 0 N–H and O–H groups in total. The van der Waals surface area contributed by atoms with Crippen molar-refractivity contribution in [3.8, 4) is 39.1 Å². The minimum Gasteiger partial charge on any atom is -0.311 e. The van der Waals surface area contributed by atoms with Crippen molar-refractivity contribution in [1.82, 2.24) is 4.57 Å². The largest absolute Gasteiger partial charge is 0.311 e. The van der Waals surface area contributed by atoms with Crippen LogP contribution in [0.4, 0.5) is 34.1 Å². The molecule has 0 aliphatic rings. The van der Waals surface area contributed by atoms with E-state index in [4.69, 9.17) is 0 Å². The second kappa shape index (κ2) is 17.2. The van der Waals surface area contributed by atoms with Crippen LogP contribution in [0, 0.1) is 0 Å². The second-order valence-corrected chi connectivity index (χ2v) is 17.0. The smallest absolute Gasteiger partial charge is 0.0561 e. The van der Waals surface area contributed by atoms with E-state index >= 15 is 0 Å². The molecule has 0 aliphatic heterocycles. The highest BCUT2D eigenvalue weighted by molar-refractivity contribution is 6.11. The van der Waals surface area contributed by atoms with Crippen molar-refractivity contribution in [3.63, 3.8) is 0 Å². The molecule has 0 spiro atoms. The maximum absolute atomic E-state index is 2.44. The predicted octanol–water partition coefficient (Wildman–Crippen LogP) is 17.9. The molecule has 1 aromatic heterocycles. The van der Waals surface area contributed by atoms with Gasteiger partial charge in [-0.25, -0.2) is 0 Å². The highest BCUT2D eigenvalue weighted by atomic mass is 15.2. The fourth-order valence-corrected chi connectivity index (χ4v) is 9.71. The highest BCUT2D eigenvalue weighted by Gasteiger charge is 2.21. The molecule has 67 heavy (non-hydrogen) atoms. The first-order valence-electron chi connectivity index (χ1n) is 22.9. The zero-order valence-electron chi connectivity index (χ0n) is 36.8. The molecular weight excluding hydrogens is 811 g/mol. The third-order valence-electron chi connectivity index (χ3n) is 13.0. The molecule has 0 unspecified atom stereocenters. The van der Waals surface area contributed by atoms with E-state index < -0.39 is 0 Å². The molecule has 12 aromatic rings. The molecule has 12 rings (SSSR count). The third kappa shape index (κ3) is 7.49. The van der Waals surface area contributed by atoms with Gasteiger partial charge in [0.2, 0.25) is 0 Å². The molecule has 0 radical (unpaired) electrons. The SMILES string of the molecule is c1ccc(-c2cc3ccccc3cc2N(c2ccc(-c3ccc(-c4ccc(N(c5ccccc5)c5ccccc5)cc4)cc3)cc2)c2ccc3c4ccccc4n(-c4ccccc4)c3c2)cc1. The Hall–Kier alpha value is -8.92. The number of para-hydroxylation sites is 4. The molecule has 316 valence electrons. The normalized spacial score (nSPS) is 11.3. The lowest BCUT2D eigenvalue weighted by molar-refractivity contribution is 1.18. The van der Waals surface area contributed by atoms with Gasteiger partial charge in [-0.05, 0) is 130 Å². The number of hydrogen-bond acceptors (Lipinski definition) is 2. The first-order chi connectivity index (χ1) is 33.2. The molecular formula is C64H45N3. The van der Waals surface area contributed by atoms with Crippen LogP contribution in [-0.2, 0) is 0 Å². The summed E-state index contributed by atoms with van der Waals surface area (Å²) in [4.78, 5) is 4.73. The Kier molecular flexibility index (Phi) is 10.2. The van der Waals surface area contributed by atoms with Crippen LogP contribution in [0.15, 0.2) is 273 Å². The second-order valence-electron chi connectivity index (χ2n) is 17.0. The van der Waals surface area contributed by atoms with Gasteiger partial charge in [0.15, 0.2) is 0 Å². The lowest BCUT2D eigenvalue weighted by Crippen LogP contribution is -2.11. The van der Waals surface area contributed by atoms with Gasteiger partial charge in [0, 0.05) is 50.5 Å². The van der Waals surface area contributed by atoms with Crippen molar-refractivity contribution in [3.05, 3.63) is 273 Å². The van der Waals surface area contributed by atoms with Crippen molar-refractivity contribution in [2.45, 2.75) is 0 Å². The quantitative estimate of drug-likeness (QED) is 0.136. The Morgan fingerprint density at radius 3 is 1.25 bits per heavy atom. The molecule has 0 amide bonds. The van der Waals surface area contributed by atoms with E-state index in [-0.39, 0.29) is 0 Å². The Labute approximate surface area is 391 Å². The Balaban J connectivity index is 0.933. The minimum absolute atomic E-state index is 1.08. The van der Waals surface area contributed by atoms with Gasteiger partial charge in [-0.1, -0.05) is 182 Å². The first-order valence-corrected chi connectivity index (χ1v) is 22.9. The highest BCUT2D eigenvalue weighted by Crippen LogP contribution is 2.45. The van der Waals surface area contributed by atoms with Crippen LogP contribution < -0.4 is 9.80 Å². The summed E-state index contributed by atoms with van der Waals surface area (Å²) in [5.41, 5.74) is 17.2. The molecule has 0 saturated heterocycles. The van der Waals surface area contributed by atoms with Crippen molar-refractivity contribution < 1.29 is 0 Å². The van der Waals surface area contributed by atoms with Gasteiger partial charge in [-0.15, -0.1) is 0 Å². The summed E-state index contributed by atoms with van der Waals surface area (Å²) in [6.45, 7) is 0. The zero-order chi connectivity index (χ0) is 44.5. The number of nitrogens with zero attached hydrogens (tertiary/aromatic N) is 3. The number of hydrogen-bond donors (Lipinski definition) is 0. The Bertz CT molecular complexity index is 3600. The molecule has 3 nitrogen and oxygen atoms in total. The van der Waals surface area contributed by atoms with Gasteiger partial charge >= 0.3 is 0 Å². The lowest BCUT2D eigenvalue weighted by Gasteiger charge is -2.29. The van der Waals surface area contributed by atoms with Crippen molar-refractivity contribution in [2.75, 3.05) is 9.80 Å².